The Labute approximate surface area is 166 Å². The van der Waals surface area contributed by atoms with Crippen LogP contribution >= 0.6 is 45.2 Å². The van der Waals surface area contributed by atoms with Crippen LogP contribution in [0.25, 0.3) is 0 Å². The van der Waals surface area contributed by atoms with Gasteiger partial charge in [0.25, 0.3) is 0 Å². The van der Waals surface area contributed by atoms with Gasteiger partial charge in [0.1, 0.15) is 11.5 Å². The summed E-state index contributed by atoms with van der Waals surface area (Å²) in [6.07, 6.45) is 2.99. The van der Waals surface area contributed by atoms with Gasteiger partial charge in [-0.05, 0) is 99.8 Å². The average Bonchev–Trinajstić information content (AvgIpc) is 2.53. The molecule has 0 aliphatic rings. The quantitative estimate of drug-likeness (QED) is 0.382. The van der Waals surface area contributed by atoms with Gasteiger partial charge in [-0.1, -0.05) is 26.0 Å². The van der Waals surface area contributed by atoms with Gasteiger partial charge in [0, 0.05) is 0 Å². The van der Waals surface area contributed by atoms with Crippen LogP contribution in [0.2, 0.25) is 0 Å². The van der Waals surface area contributed by atoms with Crippen molar-refractivity contribution < 1.29 is 9.47 Å². The van der Waals surface area contributed by atoms with E-state index in [1.165, 1.54) is 18.3 Å². The standard InChI is InChI=1S/C19H22I2O2/c1-3-9-22-18-7-5-14(12-16(18)20)11-15-6-8-19(17(21)13-15)23-10-4-2/h5-8,12-13H,3-4,9-11H2,1-2H3. The van der Waals surface area contributed by atoms with Crippen molar-refractivity contribution >= 4 is 45.2 Å². The zero-order valence-electron chi connectivity index (χ0n) is 13.6. The van der Waals surface area contributed by atoms with Crippen LogP contribution in [0.5, 0.6) is 11.5 Å². The van der Waals surface area contributed by atoms with E-state index in [0.717, 1.165) is 44.0 Å². The molecule has 0 saturated heterocycles. The molecular weight excluding hydrogens is 514 g/mol. The highest BCUT2D eigenvalue weighted by Gasteiger charge is 2.06. The number of benzene rings is 2. The van der Waals surface area contributed by atoms with E-state index in [2.05, 4.69) is 95.4 Å². The van der Waals surface area contributed by atoms with Crippen LogP contribution in [-0.4, -0.2) is 13.2 Å². The normalized spacial score (nSPS) is 10.6. The first-order valence-electron chi connectivity index (χ1n) is 7.96. The third-order valence-corrected chi connectivity index (χ3v) is 5.01. The van der Waals surface area contributed by atoms with Crippen molar-refractivity contribution in [2.75, 3.05) is 13.2 Å². The summed E-state index contributed by atoms with van der Waals surface area (Å²) in [7, 11) is 0. The van der Waals surface area contributed by atoms with Gasteiger partial charge in [-0.15, -0.1) is 0 Å². The topological polar surface area (TPSA) is 18.5 Å². The van der Waals surface area contributed by atoms with E-state index >= 15 is 0 Å². The SMILES string of the molecule is CCCOc1ccc(Cc2ccc(OCCC)c(I)c2)cc1I. The van der Waals surface area contributed by atoms with Gasteiger partial charge >= 0.3 is 0 Å². The molecule has 0 radical (unpaired) electrons. The smallest absolute Gasteiger partial charge is 0.132 e. The van der Waals surface area contributed by atoms with Gasteiger partial charge in [-0.25, -0.2) is 0 Å². The predicted molar refractivity (Wildman–Crippen MR) is 113 cm³/mol. The zero-order valence-corrected chi connectivity index (χ0v) is 17.9. The number of ether oxygens (including phenoxy) is 2. The zero-order chi connectivity index (χ0) is 16.7. The second kappa shape index (κ2) is 9.71. The predicted octanol–water partition coefficient (Wildman–Crippen LogP) is 6.06. The summed E-state index contributed by atoms with van der Waals surface area (Å²) in [5, 5.41) is 0. The molecular formula is C19H22I2O2. The molecule has 4 heteroatoms. The highest BCUT2D eigenvalue weighted by atomic mass is 127. The van der Waals surface area contributed by atoms with Crippen LogP contribution in [0.4, 0.5) is 0 Å². The van der Waals surface area contributed by atoms with Gasteiger partial charge in [0.05, 0.1) is 20.4 Å². The van der Waals surface area contributed by atoms with E-state index in [0.29, 0.717) is 0 Å². The maximum Gasteiger partial charge on any atom is 0.132 e. The van der Waals surface area contributed by atoms with E-state index in [1.54, 1.807) is 0 Å². The van der Waals surface area contributed by atoms with E-state index in [1.807, 2.05) is 0 Å². The minimum absolute atomic E-state index is 0.771. The lowest BCUT2D eigenvalue weighted by atomic mass is 10.0. The largest absolute Gasteiger partial charge is 0.492 e. The van der Waals surface area contributed by atoms with Gasteiger partial charge in [-0.2, -0.15) is 0 Å². The Morgan fingerprint density at radius 1 is 0.739 bits per heavy atom. The molecule has 2 aromatic rings. The van der Waals surface area contributed by atoms with E-state index in [4.69, 9.17) is 9.47 Å². The Balaban J connectivity index is 2.07. The molecule has 0 aliphatic heterocycles. The molecule has 0 amide bonds. The lowest BCUT2D eigenvalue weighted by Crippen LogP contribution is -1.99. The number of rotatable bonds is 8. The molecule has 0 spiro atoms. The van der Waals surface area contributed by atoms with Crippen molar-refractivity contribution in [1.29, 1.82) is 0 Å². The van der Waals surface area contributed by atoms with Gasteiger partial charge < -0.3 is 9.47 Å². The first kappa shape index (κ1) is 18.8. The van der Waals surface area contributed by atoms with Crippen molar-refractivity contribution in [3.05, 3.63) is 54.7 Å². The van der Waals surface area contributed by atoms with E-state index in [9.17, 15) is 0 Å². The Kier molecular flexibility index (Phi) is 7.95. The first-order chi connectivity index (χ1) is 11.1. The van der Waals surface area contributed by atoms with Gasteiger partial charge in [-0.3, -0.25) is 0 Å². The summed E-state index contributed by atoms with van der Waals surface area (Å²) in [5.74, 6) is 1.96. The molecule has 0 unspecified atom stereocenters. The monoisotopic (exact) mass is 536 g/mol. The minimum atomic E-state index is 0.771. The lowest BCUT2D eigenvalue weighted by molar-refractivity contribution is 0.315. The molecule has 0 saturated carbocycles. The highest BCUT2D eigenvalue weighted by Crippen LogP contribution is 2.26. The summed E-state index contributed by atoms with van der Waals surface area (Å²) in [5.41, 5.74) is 2.60. The molecule has 2 aromatic carbocycles. The van der Waals surface area contributed by atoms with Gasteiger partial charge in [0.15, 0.2) is 0 Å². The summed E-state index contributed by atoms with van der Waals surface area (Å²) in [6, 6.07) is 12.9. The fourth-order valence-electron chi connectivity index (χ4n) is 2.20. The van der Waals surface area contributed by atoms with Crippen LogP contribution in [0.3, 0.4) is 0 Å². The maximum atomic E-state index is 5.74. The first-order valence-corrected chi connectivity index (χ1v) is 10.1. The summed E-state index contributed by atoms with van der Waals surface area (Å²) in [6.45, 7) is 5.78. The molecule has 124 valence electrons. The lowest BCUT2D eigenvalue weighted by Gasteiger charge is -2.11. The Hall–Kier alpha value is -0.500. The molecule has 23 heavy (non-hydrogen) atoms. The van der Waals surface area contributed by atoms with Gasteiger partial charge in [0.2, 0.25) is 0 Å². The molecule has 0 atom stereocenters. The number of halogens is 2. The van der Waals surface area contributed by atoms with Crippen LogP contribution in [0, 0.1) is 7.14 Å². The van der Waals surface area contributed by atoms with Crippen LogP contribution in [-0.2, 0) is 6.42 Å². The third kappa shape index (κ3) is 5.81. The van der Waals surface area contributed by atoms with Crippen molar-refractivity contribution in [2.45, 2.75) is 33.1 Å². The maximum absolute atomic E-state index is 5.74. The Morgan fingerprint density at radius 3 is 1.52 bits per heavy atom. The molecule has 0 fully saturated rings. The van der Waals surface area contributed by atoms with Crippen molar-refractivity contribution in [1.82, 2.24) is 0 Å². The highest BCUT2D eigenvalue weighted by molar-refractivity contribution is 14.1. The fraction of sp³-hybridized carbons (Fsp3) is 0.368. The summed E-state index contributed by atoms with van der Waals surface area (Å²) in [4.78, 5) is 0. The Bertz CT molecular complexity index is 586. The van der Waals surface area contributed by atoms with Crippen molar-refractivity contribution in [3.8, 4) is 11.5 Å². The van der Waals surface area contributed by atoms with Crippen LogP contribution in [0.1, 0.15) is 37.8 Å². The molecule has 0 heterocycles. The second-order valence-electron chi connectivity index (χ2n) is 5.40. The number of hydrogen-bond donors (Lipinski definition) is 0. The second-order valence-corrected chi connectivity index (χ2v) is 7.73. The molecule has 0 bridgehead atoms. The summed E-state index contributed by atoms with van der Waals surface area (Å²) < 4.78 is 13.8. The Morgan fingerprint density at radius 2 is 1.17 bits per heavy atom. The average molecular weight is 536 g/mol. The minimum Gasteiger partial charge on any atom is -0.492 e. The van der Waals surface area contributed by atoms with Crippen molar-refractivity contribution in [2.24, 2.45) is 0 Å². The molecule has 0 aliphatic carbocycles. The molecule has 2 nitrogen and oxygen atoms in total. The molecule has 2 rings (SSSR count). The summed E-state index contributed by atoms with van der Waals surface area (Å²) >= 11 is 4.70. The van der Waals surface area contributed by atoms with Crippen LogP contribution < -0.4 is 9.47 Å². The third-order valence-electron chi connectivity index (χ3n) is 3.32. The van der Waals surface area contributed by atoms with Crippen molar-refractivity contribution in [3.63, 3.8) is 0 Å². The fourth-order valence-corrected chi connectivity index (χ4v) is 3.67. The van der Waals surface area contributed by atoms with E-state index in [-0.39, 0.29) is 0 Å². The molecule has 0 aromatic heterocycles. The molecule has 0 N–H and O–H groups in total. The number of hydrogen-bond acceptors (Lipinski definition) is 2. The van der Waals surface area contributed by atoms with E-state index < -0.39 is 0 Å². The van der Waals surface area contributed by atoms with Crippen LogP contribution in [0.15, 0.2) is 36.4 Å².